The molecule has 1 N–H and O–H groups in total. The first-order chi connectivity index (χ1) is 11.1. The van der Waals surface area contributed by atoms with Crippen LogP contribution in [0.1, 0.15) is 27.2 Å². The number of amides is 1. The highest BCUT2D eigenvalue weighted by Crippen LogP contribution is 2.15. The van der Waals surface area contributed by atoms with Crippen molar-refractivity contribution < 1.29 is 4.79 Å². The SMILES string of the molecule is Cc1cc(NC(=O)c2ccccc2C)n(Cc2ccccc2)n1. The minimum atomic E-state index is -0.114. The molecule has 0 saturated heterocycles. The molecule has 0 bridgehead atoms. The molecule has 0 aliphatic rings. The van der Waals surface area contributed by atoms with Crippen molar-refractivity contribution in [3.05, 3.63) is 83.0 Å². The fraction of sp³-hybridized carbons (Fsp3) is 0.158. The van der Waals surface area contributed by atoms with Crippen LogP contribution in [0, 0.1) is 13.8 Å². The Morgan fingerprint density at radius 1 is 1.04 bits per heavy atom. The summed E-state index contributed by atoms with van der Waals surface area (Å²) in [5.41, 5.74) is 3.65. The standard InChI is InChI=1S/C19H19N3O/c1-14-8-6-7-11-17(14)19(23)20-18-12-15(2)21-22(18)13-16-9-4-3-5-10-16/h3-12H,13H2,1-2H3,(H,20,23). The Morgan fingerprint density at radius 2 is 1.74 bits per heavy atom. The van der Waals surface area contributed by atoms with Crippen LogP contribution in [-0.4, -0.2) is 15.7 Å². The molecule has 0 aliphatic carbocycles. The number of hydrogen-bond acceptors (Lipinski definition) is 2. The molecule has 0 unspecified atom stereocenters. The maximum atomic E-state index is 12.5. The third-order valence-corrected chi connectivity index (χ3v) is 3.71. The monoisotopic (exact) mass is 305 g/mol. The van der Waals surface area contributed by atoms with E-state index in [1.54, 1.807) is 0 Å². The number of benzene rings is 2. The molecule has 116 valence electrons. The van der Waals surface area contributed by atoms with Crippen LogP contribution in [-0.2, 0) is 6.54 Å². The van der Waals surface area contributed by atoms with E-state index in [2.05, 4.69) is 10.4 Å². The van der Waals surface area contributed by atoms with E-state index in [1.165, 1.54) is 0 Å². The van der Waals surface area contributed by atoms with Gasteiger partial charge in [0.05, 0.1) is 12.2 Å². The van der Waals surface area contributed by atoms with Gasteiger partial charge in [-0.05, 0) is 31.0 Å². The zero-order valence-corrected chi connectivity index (χ0v) is 13.3. The summed E-state index contributed by atoms with van der Waals surface area (Å²) < 4.78 is 1.82. The lowest BCUT2D eigenvalue weighted by Gasteiger charge is -2.10. The van der Waals surface area contributed by atoms with Gasteiger partial charge in [-0.1, -0.05) is 48.5 Å². The van der Waals surface area contributed by atoms with Crippen molar-refractivity contribution in [3.63, 3.8) is 0 Å². The average Bonchev–Trinajstić information content (AvgIpc) is 2.88. The summed E-state index contributed by atoms with van der Waals surface area (Å²) in [7, 11) is 0. The van der Waals surface area contributed by atoms with Crippen molar-refractivity contribution in [2.24, 2.45) is 0 Å². The Kier molecular flexibility index (Phi) is 4.24. The minimum absolute atomic E-state index is 0.114. The summed E-state index contributed by atoms with van der Waals surface area (Å²) in [6, 6.07) is 19.5. The van der Waals surface area contributed by atoms with E-state index in [0.29, 0.717) is 17.9 Å². The van der Waals surface area contributed by atoms with E-state index in [9.17, 15) is 4.79 Å². The summed E-state index contributed by atoms with van der Waals surface area (Å²) in [5, 5.41) is 7.45. The molecule has 1 aromatic heterocycles. The predicted molar refractivity (Wildman–Crippen MR) is 91.6 cm³/mol. The van der Waals surface area contributed by atoms with E-state index in [-0.39, 0.29) is 5.91 Å². The molecule has 4 nitrogen and oxygen atoms in total. The van der Waals surface area contributed by atoms with Gasteiger partial charge in [-0.2, -0.15) is 5.10 Å². The number of nitrogens with zero attached hydrogens (tertiary/aromatic N) is 2. The van der Waals surface area contributed by atoms with E-state index < -0.39 is 0 Å². The van der Waals surface area contributed by atoms with Gasteiger partial charge in [0.2, 0.25) is 0 Å². The van der Waals surface area contributed by atoms with Crippen molar-refractivity contribution >= 4 is 11.7 Å². The highest BCUT2D eigenvalue weighted by molar-refractivity contribution is 6.04. The highest BCUT2D eigenvalue weighted by Gasteiger charge is 2.12. The lowest BCUT2D eigenvalue weighted by Crippen LogP contribution is -2.17. The quantitative estimate of drug-likeness (QED) is 0.797. The van der Waals surface area contributed by atoms with Crippen molar-refractivity contribution in [3.8, 4) is 0 Å². The molecule has 0 saturated carbocycles. The summed E-state index contributed by atoms with van der Waals surface area (Å²) in [5.74, 6) is 0.594. The first kappa shape index (κ1) is 15.0. The van der Waals surface area contributed by atoms with Crippen LogP contribution in [0.5, 0.6) is 0 Å². The number of aromatic nitrogens is 2. The van der Waals surface area contributed by atoms with Crippen molar-refractivity contribution in [1.29, 1.82) is 0 Å². The molecular weight excluding hydrogens is 286 g/mol. The van der Waals surface area contributed by atoms with Gasteiger partial charge in [-0.15, -0.1) is 0 Å². The largest absolute Gasteiger partial charge is 0.307 e. The van der Waals surface area contributed by atoms with Gasteiger partial charge < -0.3 is 5.32 Å². The lowest BCUT2D eigenvalue weighted by molar-refractivity contribution is 0.102. The second kappa shape index (κ2) is 6.48. The van der Waals surface area contributed by atoms with E-state index in [4.69, 9.17) is 0 Å². The Balaban J connectivity index is 1.83. The van der Waals surface area contributed by atoms with Crippen LogP contribution < -0.4 is 5.32 Å². The number of carbonyl (C=O) groups is 1. The zero-order valence-electron chi connectivity index (χ0n) is 13.3. The predicted octanol–water partition coefficient (Wildman–Crippen LogP) is 3.80. The van der Waals surface area contributed by atoms with Crippen LogP contribution in [0.3, 0.4) is 0 Å². The lowest BCUT2D eigenvalue weighted by atomic mass is 10.1. The Morgan fingerprint density at radius 3 is 2.48 bits per heavy atom. The van der Waals surface area contributed by atoms with Crippen LogP contribution in [0.4, 0.5) is 5.82 Å². The summed E-state index contributed by atoms with van der Waals surface area (Å²) >= 11 is 0. The van der Waals surface area contributed by atoms with Crippen molar-refractivity contribution in [1.82, 2.24) is 9.78 Å². The number of aryl methyl sites for hydroxylation is 2. The van der Waals surface area contributed by atoms with Gasteiger partial charge in [-0.3, -0.25) is 4.79 Å². The topological polar surface area (TPSA) is 46.9 Å². The van der Waals surface area contributed by atoms with Crippen LogP contribution in [0.2, 0.25) is 0 Å². The van der Waals surface area contributed by atoms with E-state index >= 15 is 0 Å². The zero-order chi connectivity index (χ0) is 16.2. The number of nitrogens with one attached hydrogen (secondary N) is 1. The van der Waals surface area contributed by atoms with Gasteiger partial charge in [0.15, 0.2) is 0 Å². The first-order valence-corrected chi connectivity index (χ1v) is 7.59. The number of rotatable bonds is 4. The molecule has 1 heterocycles. The third-order valence-electron chi connectivity index (χ3n) is 3.71. The Hall–Kier alpha value is -2.88. The van der Waals surface area contributed by atoms with Gasteiger partial charge in [0.1, 0.15) is 5.82 Å². The molecule has 23 heavy (non-hydrogen) atoms. The summed E-state index contributed by atoms with van der Waals surface area (Å²) in [6.45, 7) is 4.48. The Bertz CT molecular complexity index is 822. The molecule has 0 fully saturated rings. The first-order valence-electron chi connectivity index (χ1n) is 7.59. The van der Waals surface area contributed by atoms with E-state index in [0.717, 1.165) is 16.8 Å². The summed E-state index contributed by atoms with van der Waals surface area (Å²) in [6.07, 6.45) is 0. The van der Waals surface area contributed by atoms with Gasteiger partial charge in [0, 0.05) is 11.6 Å². The molecule has 4 heteroatoms. The molecular formula is C19H19N3O. The maximum Gasteiger partial charge on any atom is 0.257 e. The fourth-order valence-corrected chi connectivity index (χ4v) is 2.53. The molecule has 3 rings (SSSR count). The van der Waals surface area contributed by atoms with Crippen LogP contribution in [0.15, 0.2) is 60.7 Å². The molecule has 3 aromatic rings. The Labute approximate surface area is 135 Å². The summed E-state index contributed by atoms with van der Waals surface area (Å²) in [4.78, 5) is 12.5. The number of carbonyl (C=O) groups excluding carboxylic acids is 1. The molecule has 0 spiro atoms. The number of anilines is 1. The average molecular weight is 305 g/mol. The third kappa shape index (κ3) is 3.48. The fourth-order valence-electron chi connectivity index (χ4n) is 2.53. The maximum absolute atomic E-state index is 12.5. The van der Waals surface area contributed by atoms with Crippen molar-refractivity contribution in [2.75, 3.05) is 5.32 Å². The van der Waals surface area contributed by atoms with E-state index in [1.807, 2.05) is 79.2 Å². The molecule has 0 radical (unpaired) electrons. The normalized spacial score (nSPS) is 10.5. The molecule has 0 aliphatic heterocycles. The highest BCUT2D eigenvalue weighted by atomic mass is 16.1. The van der Waals surface area contributed by atoms with Crippen LogP contribution >= 0.6 is 0 Å². The van der Waals surface area contributed by atoms with Crippen molar-refractivity contribution in [2.45, 2.75) is 20.4 Å². The molecule has 0 atom stereocenters. The molecule has 1 amide bonds. The molecule has 2 aromatic carbocycles. The second-order valence-corrected chi connectivity index (χ2v) is 5.58. The van der Waals surface area contributed by atoms with Gasteiger partial charge in [0.25, 0.3) is 5.91 Å². The smallest absolute Gasteiger partial charge is 0.257 e. The van der Waals surface area contributed by atoms with Crippen LogP contribution in [0.25, 0.3) is 0 Å². The minimum Gasteiger partial charge on any atom is -0.307 e. The van der Waals surface area contributed by atoms with Gasteiger partial charge in [-0.25, -0.2) is 4.68 Å². The van der Waals surface area contributed by atoms with Gasteiger partial charge >= 0.3 is 0 Å². The second-order valence-electron chi connectivity index (χ2n) is 5.58. The number of hydrogen-bond donors (Lipinski definition) is 1.